The van der Waals surface area contributed by atoms with Gasteiger partial charge in [-0.1, -0.05) is 45.0 Å². The lowest BCUT2D eigenvalue weighted by atomic mass is 9.99. The molecule has 2 aromatic rings. The van der Waals surface area contributed by atoms with Gasteiger partial charge in [-0.15, -0.1) is 0 Å². The number of nitrogens with zero attached hydrogens (tertiary/aromatic N) is 2. The maximum atomic E-state index is 4.07. The highest BCUT2D eigenvalue weighted by Crippen LogP contribution is 2.15. The van der Waals surface area contributed by atoms with E-state index in [-0.39, 0.29) is 0 Å². The molecule has 1 N–H and O–H groups in total. The first-order valence-corrected chi connectivity index (χ1v) is 7.40. The van der Waals surface area contributed by atoms with Crippen LogP contribution in [-0.4, -0.2) is 22.6 Å². The maximum absolute atomic E-state index is 4.07. The summed E-state index contributed by atoms with van der Waals surface area (Å²) in [6.45, 7) is 9.77. The largest absolute Gasteiger partial charge is 0.333 e. The summed E-state index contributed by atoms with van der Waals surface area (Å²) < 4.78 is 2.09. The summed E-state index contributed by atoms with van der Waals surface area (Å²) in [7, 11) is 0. The predicted molar refractivity (Wildman–Crippen MR) is 83.9 cm³/mol. The molecule has 0 saturated heterocycles. The fraction of sp³-hybridized carbons (Fsp3) is 0.471. The van der Waals surface area contributed by atoms with E-state index in [0.29, 0.717) is 11.8 Å². The van der Waals surface area contributed by atoms with E-state index in [0.717, 1.165) is 19.6 Å². The molecule has 0 aliphatic heterocycles. The van der Waals surface area contributed by atoms with Crippen LogP contribution in [0.5, 0.6) is 0 Å². The van der Waals surface area contributed by atoms with Gasteiger partial charge in [0.25, 0.3) is 0 Å². The van der Waals surface area contributed by atoms with Crippen molar-refractivity contribution < 1.29 is 0 Å². The van der Waals surface area contributed by atoms with Crippen molar-refractivity contribution in [2.75, 3.05) is 13.1 Å². The molecule has 0 aliphatic rings. The first-order valence-electron chi connectivity index (χ1n) is 7.40. The molecule has 2 rings (SSSR count). The van der Waals surface area contributed by atoms with Crippen LogP contribution in [0.25, 0.3) is 0 Å². The molecule has 3 nitrogen and oxygen atoms in total. The van der Waals surface area contributed by atoms with Crippen LogP contribution >= 0.6 is 0 Å². The van der Waals surface area contributed by atoms with Gasteiger partial charge in [-0.25, -0.2) is 4.98 Å². The Morgan fingerprint density at radius 1 is 1.10 bits per heavy atom. The van der Waals surface area contributed by atoms with Crippen LogP contribution in [-0.2, 0) is 6.54 Å². The SMILES string of the molecule is CC(C)CNCC(C)c1ccc(Cn2ccnc2)cc1. The minimum absolute atomic E-state index is 0.552. The van der Waals surface area contributed by atoms with Crippen molar-refractivity contribution in [2.45, 2.75) is 33.2 Å². The van der Waals surface area contributed by atoms with E-state index in [1.807, 2.05) is 18.7 Å². The van der Waals surface area contributed by atoms with Gasteiger partial charge in [0.1, 0.15) is 0 Å². The average molecular weight is 271 g/mol. The van der Waals surface area contributed by atoms with Crippen LogP contribution < -0.4 is 5.32 Å². The van der Waals surface area contributed by atoms with E-state index >= 15 is 0 Å². The molecule has 0 spiro atoms. The monoisotopic (exact) mass is 271 g/mol. The molecule has 1 heterocycles. The zero-order valence-corrected chi connectivity index (χ0v) is 12.7. The third kappa shape index (κ3) is 4.49. The summed E-state index contributed by atoms with van der Waals surface area (Å²) in [5.41, 5.74) is 2.71. The molecular weight excluding hydrogens is 246 g/mol. The van der Waals surface area contributed by atoms with Gasteiger partial charge in [0.2, 0.25) is 0 Å². The summed E-state index contributed by atoms with van der Waals surface area (Å²) in [6.07, 6.45) is 5.66. The molecule has 0 radical (unpaired) electrons. The van der Waals surface area contributed by atoms with Crippen LogP contribution in [0.2, 0.25) is 0 Å². The van der Waals surface area contributed by atoms with Crippen molar-refractivity contribution in [1.82, 2.24) is 14.9 Å². The van der Waals surface area contributed by atoms with Crippen LogP contribution in [0.3, 0.4) is 0 Å². The number of aromatic nitrogens is 2. The van der Waals surface area contributed by atoms with Gasteiger partial charge < -0.3 is 9.88 Å². The Balaban J connectivity index is 1.87. The van der Waals surface area contributed by atoms with E-state index in [1.165, 1.54) is 11.1 Å². The van der Waals surface area contributed by atoms with Crippen LogP contribution in [0.15, 0.2) is 43.0 Å². The zero-order valence-electron chi connectivity index (χ0n) is 12.7. The number of rotatable bonds is 7. The van der Waals surface area contributed by atoms with Gasteiger partial charge in [-0.3, -0.25) is 0 Å². The molecule has 0 bridgehead atoms. The first-order chi connectivity index (χ1) is 9.65. The number of imidazole rings is 1. The second-order valence-electron chi connectivity index (χ2n) is 5.93. The molecule has 1 aromatic heterocycles. The Morgan fingerprint density at radius 3 is 2.45 bits per heavy atom. The summed E-state index contributed by atoms with van der Waals surface area (Å²) in [6, 6.07) is 8.92. The summed E-state index contributed by atoms with van der Waals surface area (Å²) in [5.74, 6) is 1.26. The topological polar surface area (TPSA) is 29.9 Å². The van der Waals surface area contributed by atoms with Gasteiger partial charge in [0.15, 0.2) is 0 Å². The van der Waals surface area contributed by atoms with Crippen LogP contribution in [0.4, 0.5) is 0 Å². The fourth-order valence-corrected chi connectivity index (χ4v) is 2.25. The first kappa shape index (κ1) is 14.8. The number of hydrogen-bond donors (Lipinski definition) is 1. The van der Waals surface area contributed by atoms with E-state index in [4.69, 9.17) is 0 Å². The summed E-state index contributed by atoms with van der Waals surface area (Å²) in [5, 5.41) is 3.52. The Morgan fingerprint density at radius 2 is 1.85 bits per heavy atom. The highest BCUT2D eigenvalue weighted by atomic mass is 15.0. The van der Waals surface area contributed by atoms with Crippen molar-refractivity contribution in [3.05, 3.63) is 54.1 Å². The molecule has 1 unspecified atom stereocenters. The Hall–Kier alpha value is -1.61. The standard InChI is InChI=1S/C17H25N3/c1-14(2)10-19-11-15(3)17-6-4-16(5-7-17)12-20-9-8-18-13-20/h4-9,13-15,19H,10-12H2,1-3H3. The number of hydrogen-bond acceptors (Lipinski definition) is 2. The lowest BCUT2D eigenvalue weighted by Gasteiger charge is -2.15. The molecule has 0 saturated carbocycles. The van der Waals surface area contributed by atoms with Crippen molar-refractivity contribution in [2.24, 2.45) is 5.92 Å². The van der Waals surface area contributed by atoms with E-state index in [2.05, 4.69) is 59.9 Å². The minimum Gasteiger partial charge on any atom is -0.333 e. The Labute approximate surface area is 122 Å². The third-order valence-electron chi connectivity index (χ3n) is 3.48. The van der Waals surface area contributed by atoms with Gasteiger partial charge in [-0.05, 0) is 29.5 Å². The number of nitrogens with one attached hydrogen (secondary N) is 1. The third-order valence-corrected chi connectivity index (χ3v) is 3.48. The van der Waals surface area contributed by atoms with Crippen LogP contribution in [0, 0.1) is 5.92 Å². The Kier molecular flexibility index (Phi) is 5.36. The highest BCUT2D eigenvalue weighted by molar-refractivity contribution is 5.25. The molecule has 0 fully saturated rings. The van der Waals surface area contributed by atoms with Crippen LogP contribution in [0.1, 0.15) is 37.8 Å². The predicted octanol–water partition coefficient (Wildman–Crippen LogP) is 3.28. The van der Waals surface area contributed by atoms with Crippen molar-refractivity contribution >= 4 is 0 Å². The molecule has 1 aromatic carbocycles. The zero-order chi connectivity index (χ0) is 14.4. The van der Waals surface area contributed by atoms with Gasteiger partial charge >= 0.3 is 0 Å². The molecule has 108 valence electrons. The number of benzene rings is 1. The molecule has 0 amide bonds. The van der Waals surface area contributed by atoms with Crippen molar-refractivity contribution in [1.29, 1.82) is 0 Å². The second kappa shape index (κ2) is 7.25. The molecule has 1 atom stereocenters. The van der Waals surface area contributed by atoms with Gasteiger partial charge in [0, 0.05) is 25.5 Å². The van der Waals surface area contributed by atoms with E-state index < -0.39 is 0 Å². The smallest absolute Gasteiger partial charge is 0.0949 e. The van der Waals surface area contributed by atoms with Gasteiger partial charge in [-0.2, -0.15) is 0 Å². The summed E-state index contributed by atoms with van der Waals surface area (Å²) in [4.78, 5) is 4.07. The quantitative estimate of drug-likeness (QED) is 0.837. The van der Waals surface area contributed by atoms with E-state index in [1.54, 1.807) is 0 Å². The molecule has 0 aliphatic carbocycles. The maximum Gasteiger partial charge on any atom is 0.0949 e. The van der Waals surface area contributed by atoms with Gasteiger partial charge in [0.05, 0.1) is 6.33 Å². The average Bonchev–Trinajstić information content (AvgIpc) is 2.92. The van der Waals surface area contributed by atoms with E-state index in [9.17, 15) is 0 Å². The Bertz CT molecular complexity index is 485. The van der Waals surface area contributed by atoms with Crippen molar-refractivity contribution in [3.63, 3.8) is 0 Å². The lowest BCUT2D eigenvalue weighted by molar-refractivity contribution is 0.528. The van der Waals surface area contributed by atoms with Crippen molar-refractivity contribution in [3.8, 4) is 0 Å². The normalized spacial score (nSPS) is 12.8. The fourth-order valence-electron chi connectivity index (χ4n) is 2.25. The molecule has 3 heteroatoms. The summed E-state index contributed by atoms with van der Waals surface area (Å²) >= 11 is 0. The minimum atomic E-state index is 0.552. The molecule has 20 heavy (non-hydrogen) atoms. The second-order valence-corrected chi connectivity index (χ2v) is 5.93. The highest BCUT2D eigenvalue weighted by Gasteiger charge is 2.05. The molecular formula is C17H25N3. The lowest BCUT2D eigenvalue weighted by Crippen LogP contribution is -2.24.